The van der Waals surface area contributed by atoms with Crippen molar-refractivity contribution in [2.24, 2.45) is 5.92 Å². The van der Waals surface area contributed by atoms with E-state index in [1.807, 2.05) is 0 Å². The average Bonchev–Trinajstić information content (AvgIpc) is 3.34. The molecule has 3 aromatic rings. The first-order valence-corrected chi connectivity index (χ1v) is 26.0. The number of hydrogen-bond acceptors (Lipinski definition) is 0. The van der Waals surface area contributed by atoms with Gasteiger partial charge in [0.15, 0.2) is 0 Å². The Kier molecular flexibility index (Phi) is 8.06. The molecule has 0 heterocycles. The molecule has 184 valence electrons. The molecule has 2 aliphatic carbocycles. The number of rotatable bonds is 4. The molecule has 0 bridgehead atoms. The molecule has 35 heavy (non-hydrogen) atoms. The minimum absolute atomic E-state index is 0. The number of benzene rings is 3. The Labute approximate surface area is 226 Å². The SMILES string of the molecule is CC1=Cc2c(-c3ccccc3)ccc(C)c2[CH]1[Zr]([CH3])([CH3])(=[SiH2])[CH]1C(C(C)C)=Cc2ccccc21.Cl.Cl. The number of aryl methyl sites for hydroxylation is 1. The third-order valence-electron chi connectivity index (χ3n) is 8.23. The maximum absolute atomic E-state index is 3.45. The van der Waals surface area contributed by atoms with E-state index in [0.29, 0.717) is 13.2 Å². The Morgan fingerprint density at radius 2 is 1.40 bits per heavy atom. The maximum Gasteiger partial charge on any atom is -0.147 e. The molecular weight excluding hydrogens is 563 g/mol. The summed E-state index contributed by atoms with van der Waals surface area (Å²) in [7, 11) is 0. The number of fused-ring (bicyclic) bond motifs is 2. The molecule has 0 nitrogen and oxygen atoms in total. The normalized spacial score (nSPS) is 18.7. The Morgan fingerprint density at radius 3 is 2.06 bits per heavy atom. The minimum atomic E-state index is -3.45. The van der Waals surface area contributed by atoms with Gasteiger partial charge < -0.3 is 0 Å². The predicted octanol–water partition coefficient (Wildman–Crippen LogP) is 9.09. The van der Waals surface area contributed by atoms with Gasteiger partial charge in [-0.1, -0.05) is 0 Å². The van der Waals surface area contributed by atoms with Crippen LogP contribution < -0.4 is 0 Å². The summed E-state index contributed by atoms with van der Waals surface area (Å²) in [6, 6.07) is 24.9. The quantitative estimate of drug-likeness (QED) is 0.262. The van der Waals surface area contributed by atoms with Crippen LogP contribution in [0.1, 0.15) is 55.8 Å². The van der Waals surface area contributed by atoms with Gasteiger partial charge in [-0.3, -0.25) is 0 Å². The molecule has 0 N–H and O–H groups in total. The number of hydrogen-bond donors (Lipinski definition) is 0. The molecule has 0 saturated carbocycles. The second-order valence-electron chi connectivity index (χ2n) is 11.7. The van der Waals surface area contributed by atoms with Crippen molar-refractivity contribution in [3.05, 3.63) is 106 Å². The summed E-state index contributed by atoms with van der Waals surface area (Å²) in [4.78, 5) is 0. The van der Waals surface area contributed by atoms with Crippen LogP contribution in [0.25, 0.3) is 23.3 Å². The van der Waals surface area contributed by atoms with Gasteiger partial charge in [-0.05, 0) is 0 Å². The van der Waals surface area contributed by atoms with Crippen molar-refractivity contribution in [3.8, 4) is 11.1 Å². The third-order valence-corrected chi connectivity index (χ3v) is 25.8. The van der Waals surface area contributed by atoms with Crippen LogP contribution >= 0.6 is 24.8 Å². The molecule has 2 atom stereocenters. The average molecular weight is 601 g/mol. The molecule has 0 aromatic heterocycles. The second kappa shape index (κ2) is 9.94. The van der Waals surface area contributed by atoms with E-state index < -0.39 is 17.4 Å². The molecule has 2 unspecified atom stereocenters. The van der Waals surface area contributed by atoms with Gasteiger partial charge in [0.05, 0.1) is 0 Å². The Hall–Kier alpha value is -1.18. The standard InChI is InChI=1S/C17H15.C12H13.2CH3.2ClH.H2Si.Zr/c1-12-10-16-13(2)8-9-15(17(16)11-12)14-6-4-3-5-7-14;1-9(2)12-7-10-5-3-4-6-11(10)8-12;;;;;;/h3-11H,1-2H3;3-9H,1-2H3;2*1H3;2*1H;1H2;. The van der Waals surface area contributed by atoms with Gasteiger partial charge in [-0.15, -0.1) is 24.8 Å². The van der Waals surface area contributed by atoms with Crippen LogP contribution in [0.5, 0.6) is 0 Å². The molecule has 5 rings (SSSR count). The smallest absolute Gasteiger partial charge is 0.147 e. The van der Waals surface area contributed by atoms with Crippen molar-refractivity contribution in [2.75, 3.05) is 0 Å². The zero-order chi connectivity index (χ0) is 23.6. The molecule has 3 aromatic carbocycles. The van der Waals surface area contributed by atoms with Gasteiger partial charge in [-0.25, -0.2) is 0 Å². The first-order chi connectivity index (χ1) is 15.6. The summed E-state index contributed by atoms with van der Waals surface area (Å²) in [6.07, 6.45) is 5.06. The van der Waals surface area contributed by atoms with E-state index in [4.69, 9.17) is 0 Å². The van der Waals surface area contributed by atoms with Crippen LogP contribution in [0.15, 0.2) is 77.9 Å². The van der Waals surface area contributed by atoms with Crippen LogP contribution in [0.3, 0.4) is 0 Å². The van der Waals surface area contributed by atoms with E-state index in [2.05, 4.69) is 123 Å². The Bertz CT molecular complexity index is 1390. The van der Waals surface area contributed by atoms with Crippen LogP contribution in [-0.4, -0.2) is 6.88 Å². The van der Waals surface area contributed by atoms with Crippen LogP contribution in [0, 0.1) is 12.8 Å². The first kappa shape index (κ1) is 28.4. The van der Waals surface area contributed by atoms with E-state index in [0.717, 1.165) is 0 Å². The Morgan fingerprint density at radius 1 is 0.771 bits per heavy atom. The summed E-state index contributed by atoms with van der Waals surface area (Å²) >= 11 is -3.45. The fourth-order valence-corrected chi connectivity index (χ4v) is 27.6. The van der Waals surface area contributed by atoms with Crippen molar-refractivity contribution in [1.29, 1.82) is 0 Å². The van der Waals surface area contributed by atoms with Crippen molar-refractivity contribution in [2.45, 2.75) is 44.2 Å². The molecule has 0 fully saturated rings. The largest absolute Gasteiger partial charge is 0.147 e. The molecule has 0 spiro atoms. The van der Waals surface area contributed by atoms with E-state index in [1.54, 1.807) is 22.3 Å². The molecular formula is C31H38Cl2SiZr. The summed E-state index contributed by atoms with van der Waals surface area (Å²) in [5.74, 6) is 0.571. The monoisotopic (exact) mass is 598 g/mol. The van der Waals surface area contributed by atoms with E-state index in [1.165, 1.54) is 27.8 Å². The molecule has 0 amide bonds. The third kappa shape index (κ3) is 4.54. The first-order valence-electron chi connectivity index (χ1n) is 12.3. The molecule has 0 radical (unpaired) electrons. The Balaban J connectivity index is 0.00000171. The number of allylic oxidation sites excluding steroid dienone is 2. The number of halogens is 2. The van der Waals surface area contributed by atoms with Gasteiger partial charge >= 0.3 is 203 Å². The minimum Gasteiger partial charge on any atom is -0.147 e. The maximum atomic E-state index is 2.74. The van der Waals surface area contributed by atoms with E-state index in [-0.39, 0.29) is 24.8 Å². The summed E-state index contributed by atoms with van der Waals surface area (Å²) in [5.41, 5.74) is 13.6. The molecule has 2 aliphatic rings. The second-order valence-corrected chi connectivity index (χ2v) is 42.2. The van der Waals surface area contributed by atoms with Gasteiger partial charge in [0.25, 0.3) is 0 Å². The molecule has 0 aliphatic heterocycles. The van der Waals surface area contributed by atoms with Crippen molar-refractivity contribution in [1.82, 2.24) is 0 Å². The zero-order valence-electron chi connectivity index (χ0n) is 21.8. The fraction of sp³-hybridized carbons (Fsp3) is 0.290. The van der Waals surface area contributed by atoms with Crippen LogP contribution in [-0.2, 0) is 17.4 Å². The summed E-state index contributed by atoms with van der Waals surface area (Å²) in [5, 5.41) is 0. The topological polar surface area (TPSA) is 0 Å². The van der Waals surface area contributed by atoms with Crippen LogP contribution in [0.4, 0.5) is 0 Å². The van der Waals surface area contributed by atoms with Crippen molar-refractivity contribution in [3.63, 3.8) is 0 Å². The zero-order valence-corrected chi connectivity index (χ0v) is 27.3. The van der Waals surface area contributed by atoms with Crippen molar-refractivity contribution >= 4 is 43.8 Å². The van der Waals surface area contributed by atoms with Gasteiger partial charge in [0.2, 0.25) is 0 Å². The summed E-state index contributed by atoms with van der Waals surface area (Å²) in [6.45, 7) is 12.0. The van der Waals surface area contributed by atoms with E-state index >= 15 is 0 Å². The molecule has 0 saturated heterocycles. The predicted molar refractivity (Wildman–Crippen MR) is 160 cm³/mol. The van der Waals surface area contributed by atoms with E-state index in [9.17, 15) is 0 Å². The van der Waals surface area contributed by atoms with Crippen molar-refractivity contribution < 1.29 is 17.4 Å². The summed E-state index contributed by atoms with van der Waals surface area (Å²) < 4.78 is 6.66. The van der Waals surface area contributed by atoms with Gasteiger partial charge in [-0.2, -0.15) is 0 Å². The van der Waals surface area contributed by atoms with Crippen LogP contribution in [0.2, 0.25) is 9.26 Å². The molecule has 4 heteroatoms. The van der Waals surface area contributed by atoms with Gasteiger partial charge in [0, 0.05) is 0 Å². The fourth-order valence-electron chi connectivity index (χ4n) is 6.99. The van der Waals surface area contributed by atoms with Gasteiger partial charge in [0.1, 0.15) is 0 Å².